The number of nitrogens with one attached hydrogen (secondary N) is 1. The van der Waals surface area contributed by atoms with Crippen LogP contribution in [0.25, 0.3) is 0 Å². The Morgan fingerprint density at radius 2 is 2.14 bits per heavy atom. The Labute approximate surface area is 127 Å². The van der Waals surface area contributed by atoms with E-state index in [1.807, 2.05) is 0 Å². The molecule has 2 rings (SSSR count). The zero-order valence-electron chi connectivity index (χ0n) is 13.1. The number of hydrogen-bond acceptors (Lipinski definition) is 2. The van der Waals surface area contributed by atoms with E-state index >= 15 is 0 Å². The minimum atomic E-state index is -1.61. The van der Waals surface area contributed by atoms with Gasteiger partial charge in [-0.3, -0.25) is 0 Å². The third kappa shape index (κ3) is 4.31. The molecule has 21 heavy (non-hydrogen) atoms. The molecule has 2 fully saturated rings. The number of alkyl halides is 1. The molecule has 0 unspecified atom stereocenters. The standard InChI is InChI=1S/C16H29FN2O2/c1-2-6-14(13-7-4-3-5-8-13)18-15(21)19-10-9-16(17,11-19)12-20/h13-14,20H,2-12H2,1H3,(H,18,21)/t14-,16-/m1/s1. The van der Waals surface area contributed by atoms with Gasteiger partial charge in [-0.1, -0.05) is 32.6 Å². The number of aliphatic hydroxyl groups excluding tert-OH is 1. The second-order valence-corrected chi connectivity index (χ2v) is 6.72. The number of rotatable bonds is 5. The van der Waals surface area contributed by atoms with Crippen molar-refractivity contribution in [3.63, 3.8) is 0 Å². The monoisotopic (exact) mass is 300 g/mol. The van der Waals surface area contributed by atoms with E-state index in [0.717, 1.165) is 12.8 Å². The van der Waals surface area contributed by atoms with Crippen molar-refractivity contribution in [2.45, 2.75) is 70.0 Å². The van der Waals surface area contributed by atoms with Crippen LogP contribution >= 0.6 is 0 Å². The molecule has 0 aromatic heterocycles. The lowest BCUT2D eigenvalue weighted by atomic mass is 9.82. The van der Waals surface area contributed by atoms with Crippen LogP contribution in [0.2, 0.25) is 0 Å². The van der Waals surface area contributed by atoms with E-state index in [1.165, 1.54) is 37.0 Å². The summed E-state index contributed by atoms with van der Waals surface area (Å²) in [5, 5.41) is 12.2. The lowest BCUT2D eigenvalue weighted by molar-refractivity contribution is 0.0800. The third-order valence-corrected chi connectivity index (χ3v) is 5.00. The Hall–Kier alpha value is -0.840. The zero-order chi connectivity index (χ0) is 15.3. The predicted octanol–water partition coefficient (Wildman–Crippen LogP) is 2.85. The van der Waals surface area contributed by atoms with E-state index < -0.39 is 12.3 Å². The van der Waals surface area contributed by atoms with Crippen LogP contribution in [-0.4, -0.2) is 47.4 Å². The summed E-state index contributed by atoms with van der Waals surface area (Å²) < 4.78 is 14.0. The molecule has 2 amide bonds. The molecule has 0 radical (unpaired) electrons. The van der Waals surface area contributed by atoms with Crippen LogP contribution in [-0.2, 0) is 0 Å². The van der Waals surface area contributed by atoms with Crippen LogP contribution in [0.4, 0.5) is 9.18 Å². The highest BCUT2D eigenvalue weighted by molar-refractivity contribution is 5.75. The van der Waals surface area contributed by atoms with Crippen LogP contribution in [0, 0.1) is 5.92 Å². The molecule has 0 spiro atoms. The molecule has 1 saturated heterocycles. The Bertz CT molecular complexity index is 347. The number of likely N-dealkylation sites (tertiary alicyclic amines) is 1. The van der Waals surface area contributed by atoms with Crippen LogP contribution in [0.1, 0.15) is 58.3 Å². The zero-order valence-corrected chi connectivity index (χ0v) is 13.1. The molecule has 1 heterocycles. The predicted molar refractivity (Wildman–Crippen MR) is 80.9 cm³/mol. The van der Waals surface area contributed by atoms with Gasteiger partial charge < -0.3 is 15.3 Å². The van der Waals surface area contributed by atoms with E-state index in [4.69, 9.17) is 5.11 Å². The fourth-order valence-corrected chi connectivity index (χ4v) is 3.66. The number of halogens is 1. The molecule has 122 valence electrons. The van der Waals surface area contributed by atoms with Crippen LogP contribution in [0.5, 0.6) is 0 Å². The Morgan fingerprint density at radius 1 is 1.43 bits per heavy atom. The van der Waals surface area contributed by atoms with Gasteiger partial charge in [0.25, 0.3) is 0 Å². The first-order valence-electron chi connectivity index (χ1n) is 8.43. The topological polar surface area (TPSA) is 52.6 Å². The van der Waals surface area contributed by atoms with E-state index in [2.05, 4.69) is 12.2 Å². The van der Waals surface area contributed by atoms with Crippen LogP contribution in [0.3, 0.4) is 0 Å². The van der Waals surface area contributed by atoms with Crippen molar-refractivity contribution in [1.82, 2.24) is 10.2 Å². The quantitative estimate of drug-likeness (QED) is 0.820. The van der Waals surface area contributed by atoms with Crippen LogP contribution < -0.4 is 5.32 Å². The summed E-state index contributed by atoms with van der Waals surface area (Å²) in [6.07, 6.45) is 8.46. The van der Waals surface area contributed by atoms with Gasteiger partial charge in [-0.05, 0) is 25.2 Å². The molecule has 2 atom stereocenters. The van der Waals surface area contributed by atoms with Crippen molar-refractivity contribution in [3.8, 4) is 0 Å². The van der Waals surface area contributed by atoms with Gasteiger partial charge in [0.05, 0.1) is 13.2 Å². The maximum absolute atomic E-state index is 14.0. The summed E-state index contributed by atoms with van der Waals surface area (Å²) in [5.41, 5.74) is -1.61. The van der Waals surface area contributed by atoms with Gasteiger partial charge in [0, 0.05) is 19.0 Å². The summed E-state index contributed by atoms with van der Waals surface area (Å²) in [6.45, 7) is 2.04. The average Bonchev–Trinajstić information content (AvgIpc) is 2.91. The maximum Gasteiger partial charge on any atom is 0.317 e. The molecule has 2 aliphatic rings. The van der Waals surface area contributed by atoms with E-state index in [1.54, 1.807) is 0 Å². The fourth-order valence-electron chi connectivity index (χ4n) is 3.66. The van der Waals surface area contributed by atoms with Gasteiger partial charge in [-0.15, -0.1) is 0 Å². The van der Waals surface area contributed by atoms with Crippen molar-refractivity contribution in [2.75, 3.05) is 19.7 Å². The molecule has 1 aliphatic heterocycles. The minimum Gasteiger partial charge on any atom is -0.393 e. The number of hydrogen-bond donors (Lipinski definition) is 2. The van der Waals surface area contributed by atoms with E-state index in [0.29, 0.717) is 12.5 Å². The molecular weight excluding hydrogens is 271 g/mol. The number of aliphatic hydroxyl groups is 1. The number of urea groups is 1. The average molecular weight is 300 g/mol. The molecule has 1 aliphatic carbocycles. The Balaban J connectivity index is 1.89. The lowest BCUT2D eigenvalue weighted by Gasteiger charge is -2.32. The fraction of sp³-hybridized carbons (Fsp3) is 0.938. The molecule has 5 heteroatoms. The number of carbonyl (C=O) groups is 1. The van der Waals surface area contributed by atoms with E-state index in [9.17, 15) is 9.18 Å². The van der Waals surface area contributed by atoms with Crippen LogP contribution in [0.15, 0.2) is 0 Å². The summed E-state index contributed by atoms with van der Waals surface area (Å²) in [5.74, 6) is 0.568. The van der Waals surface area contributed by atoms with Crippen molar-refractivity contribution in [1.29, 1.82) is 0 Å². The van der Waals surface area contributed by atoms with Gasteiger partial charge in [-0.2, -0.15) is 0 Å². The van der Waals surface area contributed by atoms with Gasteiger partial charge in [-0.25, -0.2) is 9.18 Å². The van der Waals surface area contributed by atoms with Crippen molar-refractivity contribution >= 4 is 6.03 Å². The second-order valence-electron chi connectivity index (χ2n) is 6.72. The molecule has 0 aromatic rings. The summed E-state index contributed by atoms with van der Waals surface area (Å²) in [6, 6.07) is 0.0542. The van der Waals surface area contributed by atoms with Crippen molar-refractivity contribution < 1.29 is 14.3 Å². The highest BCUT2D eigenvalue weighted by Crippen LogP contribution is 2.29. The van der Waals surface area contributed by atoms with Crippen molar-refractivity contribution in [2.24, 2.45) is 5.92 Å². The summed E-state index contributed by atoms with van der Waals surface area (Å²) in [7, 11) is 0. The van der Waals surface area contributed by atoms with Crippen molar-refractivity contribution in [3.05, 3.63) is 0 Å². The first kappa shape index (κ1) is 16.5. The molecule has 4 nitrogen and oxygen atoms in total. The molecule has 2 N–H and O–H groups in total. The first-order chi connectivity index (χ1) is 10.1. The molecule has 0 bridgehead atoms. The van der Waals surface area contributed by atoms with Gasteiger partial charge in [0.15, 0.2) is 5.67 Å². The van der Waals surface area contributed by atoms with Gasteiger partial charge in [0.1, 0.15) is 0 Å². The normalized spacial score (nSPS) is 28.6. The largest absolute Gasteiger partial charge is 0.393 e. The molecule has 1 saturated carbocycles. The highest BCUT2D eigenvalue weighted by atomic mass is 19.1. The smallest absolute Gasteiger partial charge is 0.317 e. The summed E-state index contributed by atoms with van der Waals surface area (Å²) >= 11 is 0. The lowest BCUT2D eigenvalue weighted by Crippen LogP contribution is -2.48. The van der Waals surface area contributed by atoms with Gasteiger partial charge in [0.2, 0.25) is 0 Å². The number of amides is 2. The third-order valence-electron chi connectivity index (χ3n) is 5.00. The first-order valence-corrected chi connectivity index (χ1v) is 8.43. The number of carbonyl (C=O) groups excluding carboxylic acids is 1. The Kier molecular flexibility index (Phi) is 5.85. The molecule has 0 aromatic carbocycles. The highest BCUT2D eigenvalue weighted by Gasteiger charge is 2.40. The SMILES string of the molecule is CCC[C@@H](NC(=O)N1CC[C@](F)(CO)C1)C1CCCCC1. The summed E-state index contributed by atoms with van der Waals surface area (Å²) in [4.78, 5) is 13.9. The molecular formula is C16H29FN2O2. The number of nitrogens with zero attached hydrogens (tertiary/aromatic N) is 1. The maximum atomic E-state index is 14.0. The van der Waals surface area contributed by atoms with E-state index in [-0.39, 0.29) is 25.0 Å². The second kappa shape index (κ2) is 7.43. The van der Waals surface area contributed by atoms with Gasteiger partial charge >= 0.3 is 6.03 Å². The minimum absolute atomic E-state index is 0.0127. The Morgan fingerprint density at radius 3 is 2.71 bits per heavy atom.